The van der Waals surface area contributed by atoms with Gasteiger partial charge < -0.3 is 0 Å². The van der Waals surface area contributed by atoms with Gasteiger partial charge in [-0.25, -0.2) is 4.39 Å². The third-order valence-corrected chi connectivity index (χ3v) is 2.29. The maximum Gasteiger partial charge on any atom is 0.146 e. The van der Waals surface area contributed by atoms with Gasteiger partial charge in [0.05, 0.1) is 18.3 Å². The van der Waals surface area contributed by atoms with Gasteiger partial charge in [-0.3, -0.25) is 4.68 Å². The Labute approximate surface area is 92.7 Å². The Balaban J connectivity index is 2.32. The lowest BCUT2D eigenvalue weighted by Crippen LogP contribution is -2.03. The van der Waals surface area contributed by atoms with Gasteiger partial charge in [0.25, 0.3) is 0 Å². The number of nitrogens with zero attached hydrogens (tertiary/aromatic N) is 3. The molecular weight excluding hydrogens is 205 g/mol. The van der Waals surface area contributed by atoms with E-state index in [4.69, 9.17) is 5.26 Å². The van der Waals surface area contributed by atoms with E-state index in [0.29, 0.717) is 12.1 Å². The van der Waals surface area contributed by atoms with Crippen molar-refractivity contribution >= 4 is 0 Å². The van der Waals surface area contributed by atoms with Gasteiger partial charge in [0.2, 0.25) is 0 Å². The average molecular weight is 215 g/mol. The second kappa shape index (κ2) is 4.15. The van der Waals surface area contributed by atoms with E-state index in [-0.39, 0.29) is 5.56 Å². The van der Waals surface area contributed by atoms with Gasteiger partial charge >= 0.3 is 0 Å². The van der Waals surface area contributed by atoms with Crippen LogP contribution in [0.1, 0.15) is 16.7 Å². The molecule has 0 fully saturated rings. The molecule has 4 heteroatoms. The number of hydrogen-bond acceptors (Lipinski definition) is 2. The van der Waals surface area contributed by atoms with Crippen LogP contribution in [-0.2, 0) is 6.54 Å². The summed E-state index contributed by atoms with van der Waals surface area (Å²) in [7, 11) is 0. The van der Waals surface area contributed by atoms with Crippen LogP contribution in [0.3, 0.4) is 0 Å². The fourth-order valence-corrected chi connectivity index (χ4v) is 1.52. The zero-order valence-electron chi connectivity index (χ0n) is 8.81. The zero-order valence-corrected chi connectivity index (χ0v) is 8.81. The molecule has 1 aromatic heterocycles. The van der Waals surface area contributed by atoms with Crippen molar-refractivity contribution in [2.75, 3.05) is 0 Å². The van der Waals surface area contributed by atoms with Crippen molar-refractivity contribution in [3.05, 3.63) is 53.1 Å². The van der Waals surface area contributed by atoms with Crippen molar-refractivity contribution in [2.24, 2.45) is 0 Å². The molecule has 0 aliphatic carbocycles. The summed E-state index contributed by atoms with van der Waals surface area (Å²) in [5, 5.41) is 12.8. The SMILES string of the molecule is Cc1cnn(Cc2cccc(C#N)c2F)c1. The highest BCUT2D eigenvalue weighted by molar-refractivity contribution is 5.35. The number of nitriles is 1. The third kappa shape index (κ3) is 1.94. The fourth-order valence-electron chi connectivity index (χ4n) is 1.52. The minimum Gasteiger partial charge on any atom is -0.268 e. The summed E-state index contributed by atoms with van der Waals surface area (Å²) in [6.45, 7) is 2.26. The molecule has 0 unspecified atom stereocenters. The van der Waals surface area contributed by atoms with E-state index in [0.717, 1.165) is 5.56 Å². The monoisotopic (exact) mass is 215 g/mol. The van der Waals surface area contributed by atoms with Crippen LogP contribution in [-0.4, -0.2) is 9.78 Å². The highest BCUT2D eigenvalue weighted by Crippen LogP contribution is 2.13. The standard InChI is InChI=1S/C12H10FN3/c1-9-6-15-16(7-9)8-11-4-2-3-10(5-14)12(11)13/h2-4,6-7H,8H2,1H3. The van der Waals surface area contributed by atoms with E-state index < -0.39 is 5.82 Å². The predicted octanol–water partition coefficient (Wildman–Crippen LogP) is 2.25. The van der Waals surface area contributed by atoms with E-state index in [1.54, 1.807) is 23.0 Å². The molecule has 80 valence electrons. The molecule has 0 saturated heterocycles. The first-order valence-corrected chi connectivity index (χ1v) is 4.87. The topological polar surface area (TPSA) is 41.6 Å². The predicted molar refractivity (Wildman–Crippen MR) is 57.2 cm³/mol. The minimum atomic E-state index is -0.460. The summed E-state index contributed by atoms with van der Waals surface area (Å²) >= 11 is 0. The number of halogens is 1. The van der Waals surface area contributed by atoms with Gasteiger partial charge in [-0.2, -0.15) is 10.4 Å². The lowest BCUT2D eigenvalue weighted by Gasteiger charge is -2.04. The van der Waals surface area contributed by atoms with Gasteiger partial charge in [-0.15, -0.1) is 0 Å². The molecule has 3 nitrogen and oxygen atoms in total. The van der Waals surface area contributed by atoms with Gasteiger partial charge in [-0.05, 0) is 18.6 Å². The number of aryl methyl sites for hydroxylation is 1. The molecule has 1 heterocycles. The van der Waals surface area contributed by atoms with Crippen molar-refractivity contribution in [3.8, 4) is 6.07 Å². The molecule has 0 atom stereocenters. The summed E-state index contributed by atoms with van der Waals surface area (Å²) < 4.78 is 15.3. The molecule has 0 spiro atoms. The minimum absolute atomic E-state index is 0.0707. The molecule has 0 radical (unpaired) electrons. The highest BCUT2D eigenvalue weighted by atomic mass is 19.1. The summed E-state index contributed by atoms with van der Waals surface area (Å²) in [6, 6.07) is 6.62. The van der Waals surface area contributed by atoms with Crippen LogP contribution in [0, 0.1) is 24.1 Å². The van der Waals surface area contributed by atoms with Gasteiger partial charge in [0.15, 0.2) is 0 Å². The summed E-state index contributed by atoms with van der Waals surface area (Å²) in [5.41, 5.74) is 1.57. The number of hydrogen-bond donors (Lipinski definition) is 0. The maximum absolute atomic E-state index is 13.7. The number of rotatable bonds is 2. The Bertz CT molecular complexity index is 552. The molecule has 0 bridgehead atoms. The molecule has 0 aliphatic heterocycles. The van der Waals surface area contributed by atoms with E-state index in [2.05, 4.69) is 5.10 Å². The Morgan fingerprint density at radius 2 is 2.31 bits per heavy atom. The first-order chi connectivity index (χ1) is 7.70. The van der Waals surface area contributed by atoms with Crippen LogP contribution in [0.2, 0.25) is 0 Å². The van der Waals surface area contributed by atoms with E-state index in [1.807, 2.05) is 19.2 Å². The van der Waals surface area contributed by atoms with Crippen LogP contribution in [0.4, 0.5) is 4.39 Å². The second-order valence-electron chi connectivity index (χ2n) is 3.61. The van der Waals surface area contributed by atoms with Gasteiger partial charge in [0, 0.05) is 11.8 Å². The van der Waals surface area contributed by atoms with Crippen molar-refractivity contribution < 1.29 is 4.39 Å². The molecule has 0 aliphatic rings. The summed E-state index contributed by atoms with van der Waals surface area (Å²) in [6.07, 6.45) is 3.55. The molecule has 2 aromatic rings. The first-order valence-electron chi connectivity index (χ1n) is 4.87. The number of benzene rings is 1. The Hall–Kier alpha value is -2.15. The normalized spacial score (nSPS) is 10.1. The molecule has 0 amide bonds. The Morgan fingerprint density at radius 3 is 2.94 bits per heavy atom. The maximum atomic E-state index is 13.7. The van der Waals surface area contributed by atoms with E-state index in [9.17, 15) is 4.39 Å². The molecule has 16 heavy (non-hydrogen) atoms. The van der Waals surface area contributed by atoms with Crippen molar-refractivity contribution in [3.63, 3.8) is 0 Å². The fraction of sp³-hybridized carbons (Fsp3) is 0.167. The van der Waals surface area contributed by atoms with Gasteiger partial charge in [-0.1, -0.05) is 12.1 Å². The smallest absolute Gasteiger partial charge is 0.146 e. The average Bonchev–Trinajstić information content (AvgIpc) is 2.67. The highest BCUT2D eigenvalue weighted by Gasteiger charge is 2.08. The zero-order chi connectivity index (χ0) is 11.5. The van der Waals surface area contributed by atoms with Crippen LogP contribution >= 0.6 is 0 Å². The second-order valence-corrected chi connectivity index (χ2v) is 3.61. The van der Waals surface area contributed by atoms with E-state index in [1.165, 1.54) is 6.07 Å². The van der Waals surface area contributed by atoms with Crippen molar-refractivity contribution in [1.82, 2.24) is 9.78 Å². The summed E-state index contributed by atoms with van der Waals surface area (Å²) in [4.78, 5) is 0. The first kappa shape index (κ1) is 10.4. The van der Waals surface area contributed by atoms with Crippen LogP contribution < -0.4 is 0 Å². The lowest BCUT2D eigenvalue weighted by atomic mass is 10.1. The molecule has 0 saturated carbocycles. The van der Waals surface area contributed by atoms with Crippen molar-refractivity contribution in [1.29, 1.82) is 5.26 Å². The Kier molecular flexibility index (Phi) is 2.69. The van der Waals surface area contributed by atoms with Crippen LogP contribution in [0.15, 0.2) is 30.6 Å². The Morgan fingerprint density at radius 1 is 1.50 bits per heavy atom. The molecule has 2 rings (SSSR count). The van der Waals surface area contributed by atoms with Gasteiger partial charge in [0.1, 0.15) is 11.9 Å². The quantitative estimate of drug-likeness (QED) is 0.771. The van der Waals surface area contributed by atoms with Crippen LogP contribution in [0.25, 0.3) is 0 Å². The molecular formula is C12H10FN3. The largest absolute Gasteiger partial charge is 0.268 e. The third-order valence-electron chi connectivity index (χ3n) is 2.29. The lowest BCUT2D eigenvalue weighted by molar-refractivity contribution is 0.582. The molecule has 1 aromatic carbocycles. The van der Waals surface area contributed by atoms with Crippen LogP contribution in [0.5, 0.6) is 0 Å². The molecule has 0 N–H and O–H groups in total. The van der Waals surface area contributed by atoms with Crippen molar-refractivity contribution in [2.45, 2.75) is 13.5 Å². The van der Waals surface area contributed by atoms with E-state index >= 15 is 0 Å². The number of aromatic nitrogens is 2. The summed E-state index contributed by atoms with van der Waals surface area (Å²) in [5.74, 6) is -0.460.